The van der Waals surface area contributed by atoms with Gasteiger partial charge < -0.3 is 15.2 Å². The molecule has 1 aromatic heterocycles. The third-order valence-electron chi connectivity index (χ3n) is 3.38. The summed E-state index contributed by atoms with van der Waals surface area (Å²) in [5, 5.41) is 14.3. The molecular formula is C12H17NO3S. The molecule has 1 aliphatic heterocycles. The first kappa shape index (κ1) is 12.4. The van der Waals surface area contributed by atoms with Gasteiger partial charge in [-0.05, 0) is 32.0 Å². The highest BCUT2D eigenvalue weighted by Crippen LogP contribution is 2.41. The summed E-state index contributed by atoms with van der Waals surface area (Å²) in [7, 11) is 1.64. The van der Waals surface area contributed by atoms with Crippen molar-refractivity contribution < 1.29 is 14.6 Å². The second-order valence-electron chi connectivity index (χ2n) is 4.45. The van der Waals surface area contributed by atoms with Crippen molar-refractivity contribution in [3.8, 4) is 5.75 Å². The van der Waals surface area contributed by atoms with Crippen LogP contribution in [0.4, 0.5) is 0 Å². The molecular weight excluding hydrogens is 238 g/mol. The average molecular weight is 255 g/mol. The van der Waals surface area contributed by atoms with Gasteiger partial charge in [0.05, 0.1) is 13.5 Å². The maximum Gasteiger partial charge on any atom is 0.304 e. The van der Waals surface area contributed by atoms with Crippen LogP contribution in [0.2, 0.25) is 0 Å². The number of carbonyl (C=O) groups is 1. The maximum absolute atomic E-state index is 11.1. The number of ether oxygens (including phenoxy) is 1. The first-order chi connectivity index (χ1) is 8.16. The van der Waals surface area contributed by atoms with Crippen LogP contribution in [-0.2, 0) is 10.2 Å². The smallest absolute Gasteiger partial charge is 0.304 e. The molecule has 94 valence electrons. The van der Waals surface area contributed by atoms with E-state index in [0.717, 1.165) is 36.6 Å². The lowest BCUT2D eigenvalue weighted by molar-refractivity contribution is -0.138. The van der Waals surface area contributed by atoms with Crippen molar-refractivity contribution in [1.82, 2.24) is 5.32 Å². The van der Waals surface area contributed by atoms with Gasteiger partial charge in [0.2, 0.25) is 0 Å². The second-order valence-corrected chi connectivity index (χ2v) is 5.36. The Kier molecular flexibility index (Phi) is 3.69. The fourth-order valence-corrected chi connectivity index (χ4v) is 3.53. The van der Waals surface area contributed by atoms with E-state index in [9.17, 15) is 4.79 Å². The quantitative estimate of drug-likeness (QED) is 0.862. The number of piperidine rings is 1. The predicted molar refractivity (Wildman–Crippen MR) is 66.9 cm³/mol. The van der Waals surface area contributed by atoms with Crippen LogP contribution in [0.25, 0.3) is 0 Å². The van der Waals surface area contributed by atoms with Crippen LogP contribution in [0.5, 0.6) is 5.75 Å². The lowest BCUT2D eigenvalue weighted by Gasteiger charge is -2.35. The third kappa shape index (κ3) is 2.61. The summed E-state index contributed by atoms with van der Waals surface area (Å²) in [6.07, 6.45) is 1.96. The Hall–Kier alpha value is -1.07. The molecule has 4 nitrogen and oxygen atoms in total. The van der Waals surface area contributed by atoms with Crippen LogP contribution < -0.4 is 10.1 Å². The number of thiophene rings is 1. The number of methoxy groups -OCH3 is 1. The van der Waals surface area contributed by atoms with E-state index in [0.29, 0.717) is 0 Å². The van der Waals surface area contributed by atoms with Crippen LogP contribution in [0.3, 0.4) is 0 Å². The Bertz CT molecular complexity index is 396. The Morgan fingerprint density at radius 1 is 1.59 bits per heavy atom. The highest BCUT2D eigenvalue weighted by Gasteiger charge is 2.37. The summed E-state index contributed by atoms with van der Waals surface area (Å²) >= 11 is 1.61. The van der Waals surface area contributed by atoms with Gasteiger partial charge in [-0.2, -0.15) is 0 Å². The summed E-state index contributed by atoms with van der Waals surface area (Å²) in [5.41, 5.74) is -0.210. The molecule has 0 spiro atoms. The molecule has 1 saturated heterocycles. The van der Waals surface area contributed by atoms with Gasteiger partial charge in [0.1, 0.15) is 5.75 Å². The van der Waals surface area contributed by atoms with Crippen molar-refractivity contribution >= 4 is 17.3 Å². The monoisotopic (exact) mass is 255 g/mol. The molecule has 2 heterocycles. The van der Waals surface area contributed by atoms with E-state index >= 15 is 0 Å². The zero-order valence-electron chi connectivity index (χ0n) is 9.86. The number of hydrogen-bond donors (Lipinski definition) is 2. The van der Waals surface area contributed by atoms with Gasteiger partial charge >= 0.3 is 5.97 Å². The molecule has 1 aromatic rings. The van der Waals surface area contributed by atoms with Crippen molar-refractivity contribution in [3.05, 3.63) is 16.3 Å². The summed E-state index contributed by atoms with van der Waals surface area (Å²) in [5.74, 6) is 0.104. The highest BCUT2D eigenvalue weighted by molar-refractivity contribution is 7.10. The SMILES string of the molecule is COc1csc(C2(CC(=O)O)CCNCC2)c1. The van der Waals surface area contributed by atoms with E-state index < -0.39 is 5.97 Å². The normalized spacial score (nSPS) is 18.9. The van der Waals surface area contributed by atoms with Crippen molar-refractivity contribution in [2.45, 2.75) is 24.7 Å². The minimum absolute atomic E-state index is 0.207. The van der Waals surface area contributed by atoms with Crippen LogP contribution in [-0.4, -0.2) is 31.3 Å². The number of rotatable bonds is 4. The van der Waals surface area contributed by atoms with Gasteiger partial charge in [0.15, 0.2) is 0 Å². The van der Waals surface area contributed by atoms with Crippen molar-refractivity contribution in [3.63, 3.8) is 0 Å². The van der Waals surface area contributed by atoms with Crippen LogP contribution in [0, 0.1) is 0 Å². The maximum atomic E-state index is 11.1. The zero-order valence-corrected chi connectivity index (χ0v) is 10.7. The molecule has 2 rings (SSSR count). The molecule has 0 aromatic carbocycles. The van der Waals surface area contributed by atoms with E-state index in [1.807, 2.05) is 11.4 Å². The second kappa shape index (κ2) is 5.06. The number of carboxylic acids is 1. The van der Waals surface area contributed by atoms with Crippen molar-refractivity contribution in [2.24, 2.45) is 0 Å². The fourth-order valence-electron chi connectivity index (χ4n) is 2.41. The molecule has 1 fully saturated rings. The van der Waals surface area contributed by atoms with Crippen LogP contribution >= 0.6 is 11.3 Å². The molecule has 0 saturated carbocycles. The zero-order chi connectivity index (χ0) is 12.3. The van der Waals surface area contributed by atoms with Crippen molar-refractivity contribution in [1.29, 1.82) is 0 Å². The summed E-state index contributed by atoms with van der Waals surface area (Å²) < 4.78 is 5.18. The topological polar surface area (TPSA) is 58.6 Å². The summed E-state index contributed by atoms with van der Waals surface area (Å²) in [4.78, 5) is 12.2. The third-order valence-corrected chi connectivity index (χ3v) is 4.54. The van der Waals surface area contributed by atoms with Crippen LogP contribution in [0.15, 0.2) is 11.4 Å². The number of hydrogen-bond acceptors (Lipinski definition) is 4. The van der Waals surface area contributed by atoms with Gasteiger partial charge in [-0.15, -0.1) is 11.3 Å². The van der Waals surface area contributed by atoms with E-state index in [-0.39, 0.29) is 11.8 Å². The Morgan fingerprint density at radius 2 is 2.29 bits per heavy atom. The molecule has 1 aliphatic rings. The standard InChI is InChI=1S/C12H17NO3S/c1-16-9-6-10(17-8-9)12(7-11(14)15)2-4-13-5-3-12/h6,8,13H,2-5,7H2,1H3,(H,14,15). The first-order valence-corrected chi connectivity index (χ1v) is 6.60. The first-order valence-electron chi connectivity index (χ1n) is 5.72. The largest absolute Gasteiger partial charge is 0.496 e. The number of carboxylic acid groups (broad SMARTS) is 1. The molecule has 0 aliphatic carbocycles. The molecule has 0 bridgehead atoms. The Balaban J connectivity index is 2.27. The molecule has 17 heavy (non-hydrogen) atoms. The molecule has 0 amide bonds. The molecule has 2 N–H and O–H groups in total. The Labute approximate surface area is 105 Å². The van der Waals surface area contributed by atoms with E-state index in [1.165, 1.54) is 0 Å². The minimum atomic E-state index is -0.723. The molecule has 0 atom stereocenters. The predicted octanol–water partition coefficient (Wildman–Crippen LogP) is 1.85. The fraction of sp³-hybridized carbons (Fsp3) is 0.583. The number of aliphatic carboxylic acids is 1. The molecule has 5 heteroatoms. The lowest BCUT2D eigenvalue weighted by atomic mass is 9.75. The van der Waals surface area contributed by atoms with E-state index in [4.69, 9.17) is 9.84 Å². The van der Waals surface area contributed by atoms with Gasteiger partial charge in [0.25, 0.3) is 0 Å². The van der Waals surface area contributed by atoms with E-state index in [2.05, 4.69) is 5.32 Å². The average Bonchev–Trinajstić information content (AvgIpc) is 2.78. The van der Waals surface area contributed by atoms with Crippen LogP contribution in [0.1, 0.15) is 24.1 Å². The van der Waals surface area contributed by atoms with Gasteiger partial charge in [-0.3, -0.25) is 4.79 Å². The number of nitrogens with one attached hydrogen (secondary N) is 1. The van der Waals surface area contributed by atoms with Crippen molar-refractivity contribution in [2.75, 3.05) is 20.2 Å². The lowest BCUT2D eigenvalue weighted by Crippen LogP contribution is -2.40. The van der Waals surface area contributed by atoms with Gasteiger partial charge in [0, 0.05) is 15.7 Å². The summed E-state index contributed by atoms with van der Waals surface area (Å²) in [6, 6.07) is 1.99. The highest BCUT2D eigenvalue weighted by atomic mass is 32.1. The summed E-state index contributed by atoms with van der Waals surface area (Å²) in [6.45, 7) is 1.76. The van der Waals surface area contributed by atoms with Gasteiger partial charge in [-0.1, -0.05) is 0 Å². The Morgan fingerprint density at radius 3 is 2.82 bits per heavy atom. The van der Waals surface area contributed by atoms with E-state index in [1.54, 1.807) is 18.4 Å². The molecule has 0 radical (unpaired) electrons. The van der Waals surface area contributed by atoms with Gasteiger partial charge in [-0.25, -0.2) is 0 Å². The minimum Gasteiger partial charge on any atom is -0.496 e. The molecule has 0 unspecified atom stereocenters.